The number of para-hydroxylation sites is 1. The topological polar surface area (TPSA) is 81.5 Å². The molecule has 0 fully saturated rings. The van der Waals surface area contributed by atoms with E-state index in [1.807, 2.05) is 66.7 Å². The summed E-state index contributed by atoms with van der Waals surface area (Å²) in [5, 5.41) is 21.6. The van der Waals surface area contributed by atoms with Crippen molar-refractivity contribution in [3.63, 3.8) is 0 Å². The van der Waals surface area contributed by atoms with E-state index in [0.717, 1.165) is 39.8 Å². The number of anilines is 1. The van der Waals surface area contributed by atoms with E-state index in [1.54, 1.807) is 0 Å². The van der Waals surface area contributed by atoms with Crippen LogP contribution in [0.15, 0.2) is 66.7 Å². The summed E-state index contributed by atoms with van der Waals surface area (Å²) in [4.78, 5) is 5.57. The van der Waals surface area contributed by atoms with Crippen molar-refractivity contribution in [2.45, 2.75) is 20.0 Å². The first kappa shape index (κ1) is 22.5. The van der Waals surface area contributed by atoms with Gasteiger partial charge < -0.3 is 24.5 Å². The second-order valence-corrected chi connectivity index (χ2v) is 8.55. The molecule has 33 heavy (non-hydrogen) atoms. The molecular weight excluding hydrogens is 414 g/mol. The second kappa shape index (κ2) is 10.3. The average Bonchev–Trinajstić information content (AvgIpc) is 3.20. The molecule has 1 aromatic heterocycles. The highest BCUT2D eigenvalue weighted by molar-refractivity contribution is 6.10. The minimum atomic E-state index is -0.668. The van der Waals surface area contributed by atoms with Gasteiger partial charge in [-0.1, -0.05) is 38.1 Å². The number of nitriles is 1. The van der Waals surface area contributed by atoms with Crippen LogP contribution in [0.2, 0.25) is 0 Å². The summed E-state index contributed by atoms with van der Waals surface area (Å²) in [5.41, 5.74) is 3.07. The number of ether oxygens (including phenoxy) is 2. The third kappa shape index (κ3) is 5.39. The lowest BCUT2D eigenvalue weighted by Gasteiger charge is -2.29. The first-order chi connectivity index (χ1) is 16.0. The van der Waals surface area contributed by atoms with Crippen molar-refractivity contribution in [1.82, 2.24) is 4.98 Å². The highest BCUT2D eigenvalue weighted by atomic mass is 16.5. The number of fused-ring (bicyclic) bond motifs is 3. The van der Waals surface area contributed by atoms with Crippen molar-refractivity contribution in [3.05, 3.63) is 66.7 Å². The number of aromatic amines is 1. The van der Waals surface area contributed by atoms with Gasteiger partial charge in [-0.05, 0) is 48.4 Å². The van der Waals surface area contributed by atoms with Gasteiger partial charge in [0.2, 0.25) is 0 Å². The molecule has 0 bridgehead atoms. The van der Waals surface area contributed by atoms with E-state index >= 15 is 0 Å². The van der Waals surface area contributed by atoms with Crippen LogP contribution in [-0.2, 0) is 0 Å². The highest BCUT2D eigenvalue weighted by Gasteiger charge is 2.16. The van der Waals surface area contributed by atoms with Crippen LogP contribution >= 0.6 is 0 Å². The van der Waals surface area contributed by atoms with E-state index in [9.17, 15) is 5.11 Å². The SMILES string of the molecule is CC(C)CN(C[C@H](O)COc1cccc2[nH]c3ccccc3c12)c1ccc(OCC#N)cc1. The molecule has 1 atom stereocenters. The van der Waals surface area contributed by atoms with Gasteiger partial charge in [0.1, 0.15) is 30.3 Å². The van der Waals surface area contributed by atoms with E-state index < -0.39 is 6.10 Å². The van der Waals surface area contributed by atoms with Gasteiger partial charge in [-0.3, -0.25) is 0 Å². The Balaban J connectivity index is 1.46. The number of aliphatic hydroxyl groups is 1. The summed E-state index contributed by atoms with van der Waals surface area (Å²) < 4.78 is 11.5. The van der Waals surface area contributed by atoms with Crippen molar-refractivity contribution in [2.24, 2.45) is 5.92 Å². The monoisotopic (exact) mass is 443 g/mol. The lowest BCUT2D eigenvalue weighted by atomic mass is 10.1. The van der Waals surface area contributed by atoms with Gasteiger partial charge >= 0.3 is 0 Å². The zero-order valence-corrected chi connectivity index (χ0v) is 19.0. The largest absolute Gasteiger partial charge is 0.490 e. The molecule has 0 aliphatic carbocycles. The van der Waals surface area contributed by atoms with Crippen molar-refractivity contribution < 1.29 is 14.6 Å². The molecule has 6 heteroatoms. The lowest BCUT2D eigenvalue weighted by molar-refractivity contribution is 0.112. The van der Waals surface area contributed by atoms with Gasteiger partial charge in [-0.2, -0.15) is 5.26 Å². The van der Waals surface area contributed by atoms with Crippen LogP contribution in [-0.4, -0.2) is 42.5 Å². The minimum Gasteiger partial charge on any atom is -0.490 e. The zero-order valence-electron chi connectivity index (χ0n) is 19.0. The van der Waals surface area contributed by atoms with Crippen LogP contribution in [0.5, 0.6) is 11.5 Å². The highest BCUT2D eigenvalue weighted by Crippen LogP contribution is 2.33. The second-order valence-electron chi connectivity index (χ2n) is 8.55. The minimum absolute atomic E-state index is 0.0221. The maximum absolute atomic E-state index is 10.8. The van der Waals surface area contributed by atoms with Gasteiger partial charge in [-0.15, -0.1) is 0 Å². The quantitative estimate of drug-likeness (QED) is 0.355. The third-order valence-corrected chi connectivity index (χ3v) is 5.45. The zero-order chi connectivity index (χ0) is 23.2. The van der Waals surface area contributed by atoms with Gasteiger partial charge in [0, 0.05) is 35.1 Å². The fourth-order valence-electron chi connectivity index (χ4n) is 4.08. The maximum atomic E-state index is 10.8. The molecule has 0 aliphatic rings. The number of aromatic nitrogens is 1. The number of hydrogen-bond acceptors (Lipinski definition) is 5. The predicted octanol–water partition coefficient (Wildman–Crippen LogP) is 5.13. The Labute approximate surface area is 194 Å². The van der Waals surface area contributed by atoms with E-state index in [2.05, 4.69) is 29.8 Å². The van der Waals surface area contributed by atoms with Crippen molar-refractivity contribution in [3.8, 4) is 17.6 Å². The molecule has 4 rings (SSSR count). The summed E-state index contributed by atoms with van der Waals surface area (Å²) in [6.45, 7) is 5.76. The first-order valence-corrected chi connectivity index (χ1v) is 11.2. The Bertz CT molecular complexity index is 1240. The fourth-order valence-corrected chi connectivity index (χ4v) is 4.08. The number of nitrogens with zero attached hydrogens (tertiary/aromatic N) is 2. The lowest BCUT2D eigenvalue weighted by Crippen LogP contribution is -2.37. The first-order valence-electron chi connectivity index (χ1n) is 11.2. The normalized spacial score (nSPS) is 12.1. The number of hydrogen-bond donors (Lipinski definition) is 2. The summed E-state index contributed by atoms with van der Waals surface area (Å²) >= 11 is 0. The molecule has 0 saturated heterocycles. The van der Waals surface area contributed by atoms with Gasteiger partial charge in [-0.25, -0.2) is 0 Å². The van der Waals surface area contributed by atoms with Crippen LogP contribution < -0.4 is 14.4 Å². The van der Waals surface area contributed by atoms with E-state index in [1.165, 1.54) is 0 Å². The molecule has 4 aromatic rings. The molecule has 2 N–H and O–H groups in total. The molecule has 0 unspecified atom stereocenters. The van der Waals surface area contributed by atoms with Crippen molar-refractivity contribution in [2.75, 3.05) is 31.2 Å². The smallest absolute Gasteiger partial charge is 0.174 e. The molecule has 0 saturated carbocycles. The molecule has 0 spiro atoms. The number of aliphatic hydroxyl groups excluding tert-OH is 1. The van der Waals surface area contributed by atoms with Gasteiger partial charge in [0.25, 0.3) is 0 Å². The van der Waals surface area contributed by atoms with Crippen LogP contribution in [0.4, 0.5) is 5.69 Å². The Kier molecular flexibility index (Phi) is 7.01. The maximum Gasteiger partial charge on any atom is 0.174 e. The number of benzene rings is 3. The summed E-state index contributed by atoms with van der Waals surface area (Å²) in [6.07, 6.45) is -0.668. The van der Waals surface area contributed by atoms with Crippen LogP contribution in [0, 0.1) is 17.2 Å². The predicted molar refractivity (Wildman–Crippen MR) is 132 cm³/mol. The van der Waals surface area contributed by atoms with E-state index in [4.69, 9.17) is 14.7 Å². The molecule has 1 heterocycles. The number of H-pyrrole nitrogens is 1. The van der Waals surface area contributed by atoms with Crippen molar-refractivity contribution in [1.29, 1.82) is 5.26 Å². The summed E-state index contributed by atoms with van der Waals surface area (Å²) in [5.74, 6) is 1.84. The Hall–Kier alpha value is -3.69. The summed E-state index contributed by atoms with van der Waals surface area (Å²) in [7, 11) is 0. The molecule has 3 aromatic carbocycles. The van der Waals surface area contributed by atoms with Crippen molar-refractivity contribution >= 4 is 27.5 Å². The van der Waals surface area contributed by atoms with Crippen LogP contribution in [0.1, 0.15) is 13.8 Å². The Morgan fingerprint density at radius 2 is 1.70 bits per heavy atom. The number of rotatable bonds is 10. The molecular formula is C27H29N3O3. The number of nitrogens with one attached hydrogen (secondary N) is 1. The fraction of sp³-hybridized carbons (Fsp3) is 0.296. The average molecular weight is 444 g/mol. The van der Waals surface area contributed by atoms with E-state index in [0.29, 0.717) is 18.2 Å². The molecule has 170 valence electrons. The third-order valence-electron chi connectivity index (χ3n) is 5.45. The molecule has 0 radical (unpaired) electrons. The Morgan fingerprint density at radius 1 is 0.939 bits per heavy atom. The van der Waals surface area contributed by atoms with E-state index in [-0.39, 0.29) is 13.2 Å². The van der Waals surface area contributed by atoms with Gasteiger partial charge in [0.05, 0.1) is 5.52 Å². The summed E-state index contributed by atoms with van der Waals surface area (Å²) in [6, 6.07) is 23.7. The molecule has 0 amide bonds. The van der Waals surface area contributed by atoms with Gasteiger partial charge in [0.15, 0.2) is 6.61 Å². The van der Waals surface area contributed by atoms with Crippen LogP contribution in [0.25, 0.3) is 21.8 Å². The van der Waals surface area contributed by atoms with Crippen LogP contribution in [0.3, 0.4) is 0 Å². The molecule has 0 aliphatic heterocycles. The standard InChI is InChI=1S/C27H29N3O3/c1-19(2)16-30(20-10-12-22(13-11-20)32-15-14-28)17-21(31)18-33-26-9-5-8-25-27(26)23-6-3-4-7-24(23)29-25/h3-13,19,21,29,31H,15-18H2,1-2H3/t21-/m0/s1. The Morgan fingerprint density at radius 3 is 2.45 bits per heavy atom. The molecule has 6 nitrogen and oxygen atoms in total.